The maximum atomic E-state index is 12.8. The fourth-order valence-corrected chi connectivity index (χ4v) is 4.36. The van der Waals surface area contributed by atoms with Gasteiger partial charge in [0.05, 0.1) is 11.5 Å². The second kappa shape index (κ2) is 7.14. The van der Waals surface area contributed by atoms with E-state index in [2.05, 4.69) is 34.0 Å². The number of Topliss-reactive ketones (excluding diaryl/α,β-unsaturated/α-hetero) is 1. The third-order valence-corrected chi connectivity index (χ3v) is 5.71. The van der Waals surface area contributed by atoms with Crippen LogP contribution in [0.4, 0.5) is 11.5 Å². The first-order valence-corrected chi connectivity index (χ1v) is 9.74. The Bertz CT molecular complexity index is 1040. The van der Waals surface area contributed by atoms with Gasteiger partial charge in [-0.1, -0.05) is 18.2 Å². The van der Waals surface area contributed by atoms with E-state index in [9.17, 15) is 14.4 Å². The molecule has 7 heteroatoms. The molecular formula is C21H24N4O3. The maximum absolute atomic E-state index is 12.8. The van der Waals surface area contributed by atoms with Crippen molar-refractivity contribution in [3.63, 3.8) is 0 Å². The number of rotatable bonds is 4. The van der Waals surface area contributed by atoms with Crippen LogP contribution in [0.2, 0.25) is 0 Å². The van der Waals surface area contributed by atoms with Crippen molar-refractivity contribution in [2.24, 2.45) is 5.92 Å². The van der Waals surface area contributed by atoms with Crippen LogP contribution in [-0.2, 0) is 4.79 Å². The number of nitrogens with one attached hydrogen (secondary N) is 3. The largest absolute Gasteiger partial charge is 0.372 e. The molecule has 0 spiro atoms. The van der Waals surface area contributed by atoms with Crippen molar-refractivity contribution >= 4 is 17.3 Å². The second-order valence-electron chi connectivity index (χ2n) is 7.21. The number of aromatic amines is 2. The number of ketones is 1. The van der Waals surface area contributed by atoms with E-state index in [-0.39, 0.29) is 5.78 Å². The fourth-order valence-electron chi connectivity index (χ4n) is 4.36. The lowest BCUT2D eigenvalue weighted by Crippen LogP contribution is -2.40. The number of hydrogen-bond donors (Lipinski definition) is 3. The maximum Gasteiger partial charge on any atom is 0.327 e. The summed E-state index contributed by atoms with van der Waals surface area (Å²) in [5.41, 5.74) is 2.15. The van der Waals surface area contributed by atoms with Crippen LogP contribution in [0.3, 0.4) is 0 Å². The molecule has 146 valence electrons. The summed E-state index contributed by atoms with van der Waals surface area (Å²) in [6.45, 7) is 6.02. The molecule has 0 radical (unpaired) electrons. The van der Waals surface area contributed by atoms with Crippen molar-refractivity contribution < 1.29 is 4.79 Å². The number of aromatic nitrogens is 2. The van der Waals surface area contributed by atoms with Gasteiger partial charge in [-0.15, -0.1) is 0 Å². The number of benzene rings is 1. The van der Waals surface area contributed by atoms with Gasteiger partial charge in [-0.2, -0.15) is 0 Å². The molecule has 2 aliphatic rings. The number of nitrogens with zero attached hydrogens (tertiary/aromatic N) is 1. The van der Waals surface area contributed by atoms with Crippen molar-refractivity contribution in [3.8, 4) is 0 Å². The lowest BCUT2D eigenvalue weighted by Gasteiger charge is -2.36. The van der Waals surface area contributed by atoms with Crippen molar-refractivity contribution in [1.29, 1.82) is 0 Å². The molecule has 3 N–H and O–H groups in total. The lowest BCUT2D eigenvalue weighted by molar-refractivity contribution is -0.122. The van der Waals surface area contributed by atoms with Crippen molar-refractivity contribution in [1.82, 2.24) is 9.97 Å². The van der Waals surface area contributed by atoms with Crippen LogP contribution in [0.25, 0.3) is 0 Å². The molecule has 28 heavy (non-hydrogen) atoms. The van der Waals surface area contributed by atoms with Crippen molar-refractivity contribution in [3.05, 3.63) is 68.0 Å². The average molecular weight is 380 g/mol. The highest BCUT2D eigenvalue weighted by atomic mass is 16.2. The van der Waals surface area contributed by atoms with E-state index in [1.165, 1.54) is 0 Å². The summed E-state index contributed by atoms with van der Waals surface area (Å²) in [6.07, 6.45) is 3.11. The summed E-state index contributed by atoms with van der Waals surface area (Å²) in [6, 6.07) is 8.02. The van der Waals surface area contributed by atoms with Gasteiger partial charge in [0.15, 0.2) is 0 Å². The van der Waals surface area contributed by atoms with E-state index >= 15 is 0 Å². The van der Waals surface area contributed by atoms with Gasteiger partial charge in [-0.3, -0.25) is 19.6 Å². The normalized spacial score (nSPS) is 20.6. The SMILES string of the molecule is CCN(CC)c1ccc(C2c3c([nH]c(=O)[nH]c3=O)NC3=CCCC(=O)C32)cc1. The van der Waals surface area contributed by atoms with E-state index in [0.29, 0.717) is 24.2 Å². The molecule has 0 fully saturated rings. The van der Waals surface area contributed by atoms with Crippen molar-refractivity contribution in [2.75, 3.05) is 23.3 Å². The summed E-state index contributed by atoms with van der Waals surface area (Å²) in [5, 5.41) is 3.12. The fraction of sp³-hybridized carbons (Fsp3) is 0.381. The predicted octanol–water partition coefficient (Wildman–Crippen LogP) is 2.33. The molecule has 2 aromatic rings. The van der Waals surface area contributed by atoms with Gasteiger partial charge in [-0.25, -0.2) is 4.79 Å². The van der Waals surface area contributed by atoms with Gasteiger partial charge in [0.25, 0.3) is 5.56 Å². The van der Waals surface area contributed by atoms with Gasteiger partial charge in [0, 0.05) is 36.8 Å². The number of fused-ring (bicyclic) bond motifs is 2. The highest BCUT2D eigenvalue weighted by Gasteiger charge is 2.41. The van der Waals surface area contributed by atoms with Crippen LogP contribution in [0.1, 0.15) is 43.7 Å². The summed E-state index contributed by atoms with van der Waals surface area (Å²) >= 11 is 0. The monoisotopic (exact) mass is 380 g/mol. The first-order valence-electron chi connectivity index (χ1n) is 9.74. The number of carbonyl (C=O) groups is 1. The van der Waals surface area contributed by atoms with Gasteiger partial charge < -0.3 is 10.2 Å². The molecule has 1 aromatic heterocycles. The van der Waals surface area contributed by atoms with Gasteiger partial charge in [-0.05, 0) is 38.0 Å². The van der Waals surface area contributed by atoms with Gasteiger partial charge >= 0.3 is 5.69 Å². The molecule has 2 atom stereocenters. The predicted molar refractivity (Wildman–Crippen MR) is 109 cm³/mol. The van der Waals surface area contributed by atoms with E-state index in [1.54, 1.807) is 0 Å². The van der Waals surface area contributed by atoms with E-state index in [1.807, 2.05) is 30.3 Å². The molecule has 2 unspecified atom stereocenters. The Morgan fingerprint density at radius 3 is 2.39 bits per heavy atom. The molecule has 2 heterocycles. The summed E-state index contributed by atoms with van der Waals surface area (Å²) in [7, 11) is 0. The first kappa shape index (κ1) is 18.3. The Balaban J connectivity index is 1.87. The Hall–Kier alpha value is -3.09. The zero-order valence-electron chi connectivity index (χ0n) is 16.0. The van der Waals surface area contributed by atoms with Gasteiger partial charge in [0.2, 0.25) is 0 Å². The number of carbonyl (C=O) groups excluding carboxylic acids is 1. The van der Waals surface area contributed by atoms with E-state index < -0.39 is 23.1 Å². The smallest absolute Gasteiger partial charge is 0.327 e. The van der Waals surface area contributed by atoms with Crippen LogP contribution >= 0.6 is 0 Å². The number of H-pyrrole nitrogens is 2. The molecular weight excluding hydrogens is 356 g/mol. The quantitative estimate of drug-likeness (QED) is 0.756. The molecule has 0 saturated carbocycles. The Morgan fingerprint density at radius 2 is 1.71 bits per heavy atom. The summed E-state index contributed by atoms with van der Waals surface area (Å²) < 4.78 is 0. The molecule has 4 rings (SSSR count). The molecule has 0 bridgehead atoms. The standard InChI is InChI=1S/C21H24N4O3/c1-3-25(4-2)13-10-8-12(9-11-13)16-17-14(6-5-7-15(17)26)22-19-18(16)20(27)24-21(28)23-19/h6,8-11,16-17H,3-5,7H2,1-2H3,(H3,22,23,24,27,28). The molecule has 1 aliphatic heterocycles. The van der Waals surface area contributed by atoms with Crippen LogP contribution in [-0.4, -0.2) is 28.8 Å². The minimum Gasteiger partial charge on any atom is -0.372 e. The van der Waals surface area contributed by atoms with Crippen molar-refractivity contribution in [2.45, 2.75) is 32.6 Å². The summed E-state index contributed by atoms with van der Waals surface area (Å²) in [5.74, 6) is -0.378. The third kappa shape index (κ3) is 2.96. The highest BCUT2D eigenvalue weighted by molar-refractivity contribution is 5.89. The van der Waals surface area contributed by atoms with Gasteiger partial charge in [0.1, 0.15) is 11.6 Å². The lowest BCUT2D eigenvalue weighted by atomic mass is 9.72. The first-order chi connectivity index (χ1) is 13.5. The highest BCUT2D eigenvalue weighted by Crippen LogP contribution is 2.44. The molecule has 0 amide bonds. The van der Waals surface area contributed by atoms with Crippen LogP contribution < -0.4 is 21.5 Å². The number of allylic oxidation sites excluding steroid dienone is 2. The number of anilines is 2. The zero-order valence-corrected chi connectivity index (χ0v) is 16.0. The van der Waals surface area contributed by atoms with E-state index in [0.717, 1.165) is 30.0 Å². The second-order valence-corrected chi connectivity index (χ2v) is 7.21. The minimum atomic E-state index is -0.562. The number of hydrogen-bond acceptors (Lipinski definition) is 5. The Morgan fingerprint density at radius 1 is 1.00 bits per heavy atom. The third-order valence-electron chi connectivity index (χ3n) is 5.71. The molecule has 0 saturated heterocycles. The zero-order chi connectivity index (χ0) is 19.8. The van der Waals surface area contributed by atoms with E-state index in [4.69, 9.17) is 0 Å². The van der Waals surface area contributed by atoms with Crippen LogP contribution in [0.5, 0.6) is 0 Å². The summed E-state index contributed by atoms with van der Waals surface area (Å²) in [4.78, 5) is 44.5. The van der Waals surface area contributed by atoms with Crippen LogP contribution in [0.15, 0.2) is 45.6 Å². The minimum absolute atomic E-state index is 0.110. The molecule has 1 aromatic carbocycles. The van der Waals surface area contributed by atoms with Crippen LogP contribution in [0, 0.1) is 5.92 Å². The molecule has 1 aliphatic carbocycles. The topological polar surface area (TPSA) is 98.1 Å². The Kier molecular flexibility index (Phi) is 4.66. The Labute approximate surface area is 162 Å². The molecule has 7 nitrogen and oxygen atoms in total. The average Bonchev–Trinajstić information content (AvgIpc) is 2.68.